The summed E-state index contributed by atoms with van der Waals surface area (Å²) in [7, 11) is -3.41. The Morgan fingerprint density at radius 3 is 2.00 bits per heavy atom. The molecule has 0 bridgehead atoms. The number of rotatable bonds is 2. The second kappa shape index (κ2) is 4.23. The highest BCUT2D eigenvalue weighted by Gasteiger charge is 2.21. The van der Waals surface area contributed by atoms with E-state index in [1.807, 2.05) is 20.8 Å². The third-order valence-corrected chi connectivity index (χ3v) is 3.87. The van der Waals surface area contributed by atoms with Gasteiger partial charge in [0.2, 0.25) is 10.0 Å². The highest BCUT2D eigenvalue weighted by Crippen LogP contribution is 2.16. The lowest BCUT2D eigenvalue weighted by Crippen LogP contribution is -2.40. The van der Waals surface area contributed by atoms with Gasteiger partial charge in [0, 0.05) is 10.0 Å². The van der Waals surface area contributed by atoms with E-state index in [4.69, 9.17) is 0 Å². The Morgan fingerprint density at radius 2 is 1.60 bits per heavy atom. The zero-order valence-corrected chi connectivity index (χ0v) is 11.3. The van der Waals surface area contributed by atoms with Crippen LogP contribution in [0.5, 0.6) is 0 Å². The summed E-state index contributed by atoms with van der Waals surface area (Å²) < 4.78 is 27.1. The molecular weight excluding hydrogens is 278 g/mol. The van der Waals surface area contributed by atoms with Crippen LogP contribution in [0, 0.1) is 0 Å². The lowest BCUT2D eigenvalue weighted by Gasteiger charge is -2.20. The second-order valence-electron chi connectivity index (χ2n) is 4.31. The van der Waals surface area contributed by atoms with Gasteiger partial charge in [0.25, 0.3) is 0 Å². The number of hydrogen-bond donors (Lipinski definition) is 1. The fourth-order valence-electron chi connectivity index (χ4n) is 1.08. The number of sulfonamides is 1. The van der Waals surface area contributed by atoms with Gasteiger partial charge >= 0.3 is 0 Å². The third-order valence-electron chi connectivity index (χ3n) is 1.56. The van der Waals surface area contributed by atoms with E-state index < -0.39 is 15.6 Å². The van der Waals surface area contributed by atoms with Crippen molar-refractivity contribution in [3.05, 3.63) is 28.7 Å². The minimum Gasteiger partial charge on any atom is -0.207 e. The summed E-state index contributed by atoms with van der Waals surface area (Å²) in [6.45, 7) is 5.43. The van der Waals surface area contributed by atoms with Gasteiger partial charge in [-0.1, -0.05) is 15.9 Å². The molecule has 0 saturated carbocycles. The molecule has 0 radical (unpaired) electrons. The Bertz CT molecular complexity index is 431. The van der Waals surface area contributed by atoms with Gasteiger partial charge in [-0.25, -0.2) is 13.1 Å². The first-order valence-electron chi connectivity index (χ1n) is 4.50. The standard InChI is InChI=1S/C10H14BrNO2S/c1-10(2,3)12-15(13,14)9-6-4-8(11)5-7-9/h4-7,12H,1-3H3. The Kier molecular flexibility index (Phi) is 3.58. The molecule has 0 atom stereocenters. The van der Waals surface area contributed by atoms with Gasteiger partial charge < -0.3 is 0 Å². The van der Waals surface area contributed by atoms with Gasteiger partial charge in [-0.05, 0) is 45.0 Å². The predicted molar refractivity (Wildman–Crippen MR) is 64.2 cm³/mol. The zero-order valence-electron chi connectivity index (χ0n) is 8.91. The molecule has 0 aliphatic carbocycles. The van der Waals surface area contributed by atoms with Gasteiger partial charge in [-0.2, -0.15) is 0 Å². The number of hydrogen-bond acceptors (Lipinski definition) is 2. The first-order valence-corrected chi connectivity index (χ1v) is 6.78. The maximum atomic E-state index is 11.8. The lowest BCUT2D eigenvalue weighted by molar-refractivity contribution is 0.491. The van der Waals surface area contributed by atoms with E-state index in [1.54, 1.807) is 24.3 Å². The fourth-order valence-corrected chi connectivity index (χ4v) is 2.76. The van der Waals surface area contributed by atoms with Crippen molar-refractivity contribution < 1.29 is 8.42 Å². The highest BCUT2D eigenvalue weighted by molar-refractivity contribution is 9.10. The molecule has 1 rings (SSSR count). The van der Waals surface area contributed by atoms with E-state index in [0.717, 1.165) is 4.47 Å². The van der Waals surface area contributed by atoms with Crippen LogP contribution in [0.1, 0.15) is 20.8 Å². The van der Waals surface area contributed by atoms with Crippen LogP contribution in [-0.2, 0) is 10.0 Å². The van der Waals surface area contributed by atoms with Crippen molar-refractivity contribution in [3.63, 3.8) is 0 Å². The minimum absolute atomic E-state index is 0.278. The van der Waals surface area contributed by atoms with Crippen LogP contribution >= 0.6 is 15.9 Å². The molecule has 1 N–H and O–H groups in total. The lowest BCUT2D eigenvalue weighted by atomic mass is 10.1. The van der Waals surface area contributed by atoms with E-state index in [0.29, 0.717) is 0 Å². The molecule has 0 heterocycles. The smallest absolute Gasteiger partial charge is 0.207 e. The molecule has 3 nitrogen and oxygen atoms in total. The molecule has 0 spiro atoms. The maximum absolute atomic E-state index is 11.8. The first-order chi connectivity index (χ1) is 6.71. The SMILES string of the molecule is CC(C)(C)NS(=O)(=O)c1ccc(Br)cc1. The molecule has 1 aromatic carbocycles. The summed E-state index contributed by atoms with van der Waals surface area (Å²) in [5, 5.41) is 0. The van der Waals surface area contributed by atoms with E-state index in [2.05, 4.69) is 20.7 Å². The predicted octanol–water partition coefficient (Wildman–Crippen LogP) is 2.53. The van der Waals surface area contributed by atoms with Gasteiger partial charge in [-0.15, -0.1) is 0 Å². The molecular formula is C10H14BrNO2S. The van der Waals surface area contributed by atoms with Crippen molar-refractivity contribution in [1.82, 2.24) is 4.72 Å². The van der Waals surface area contributed by atoms with E-state index in [-0.39, 0.29) is 4.90 Å². The Balaban J connectivity index is 3.02. The number of benzene rings is 1. The van der Waals surface area contributed by atoms with Crippen molar-refractivity contribution in [3.8, 4) is 0 Å². The molecule has 1 aromatic rings. The second-order valence-corrected chi connectivity index (χ2v) is 6.91. The molecule has 0 fully saturated rings. The molecule has 84 valence electrons. The average Bonchev–Trinajstić information content (AvgIpc) is 2.00. The Labute approximate surface area is 99.1 Å². The Hall–Kier alpha value is -0.390. The fraction of sp³-hybridized carbons (Fsp3) is 0.400. The van der Waals surface area contributed by atoms with Crippen LogP contribution in [0.15, 0.2) is 33.6 Å². The van der Waals surface area contributed by atoms with E-state index >= 15 is 0 Å². The summed E-state index contributed by atoms with van der Waals surface area (Å²) in [6, 6.07) is 6.55. The van der Waals surface area contributed by atoms with Crippen molar-refractivity contribution >= 4 is 26.0 Å². The molecule has 0 aliphatic heterocycles. The topological polar surface area (TPSA) is 46.2 Å². The van der Waals surface area contributed by atoms with Crippen LogP contribution in [0.3, 0.4) is 0 Å². The zero-order chi connectivity index (χ0) is 11.7. The summed E-state index contributed by atoms with van der Waals surface area (Å²) in [5.41, 5.74) is -0.466. The summed E-state index contributed by atoms with van der Waals surface area (Å²) >= 11 is 3.26. The van der Waals surface area contributed by atoms with Crippen LogP contribution in [0.25, 0.3) is 0 Å². The Morgan fingerprint density at radius 1 is 1.13 bits per heavy atom. The van der Waals surface area contributed by atoms with Gasteiger partial charge in [0.1, 0.15) is 0 Å². The monoisotopic (exact) mass is 291 g/mol. The number of nitrogens with one attached hydrogen (secondary N) is 1. The molecule has 5 heteroatoms. The largest absolute Gasteiger partial charge is 0.241 e. The molecule has 0 amide bonds. The molecule has 0 unspecified atom stereocenters. The summed E-state index contributed by atoms with van der Waals surface area (Å²) in [5.74, 6) is 0. The van der Waals surface area contributed by atoms with Crippen molar-refractivity contribution in [2.75, 3.05) is 0 Å². The third kappa shape index (κ3) is 3.93. The van der Waals surface area contributed by atoms with Crippen LogP contribution in [-0.4, -0.2) is 14.0 Å². The highest BCUT2D eigenvalue weighted by atomic mass is 79.9. The maximum Gasteiger partial charge on any atom is 0.241 e. The van der Waals surface area contributed by atoms with Crippen LogP contribution in [0.2, 0.25) is 0 Å². The van der Waals surface area contributed by atoms with Gasteiger partial charge in [0.15, 0.2) is 0 Å². The number of halogens is 1. The normalized spacial score (nSPS) is 12.8. The first kappa shape index (κ1) is 12.7. The van der Waals surface area contributed by atoms with Gasteiger partial charge in [0.05, 0.1) is 4.90 Å². The quantitative estimate of drug-likeness (QED) is 0.910. The molecule has 15 heavy (non-hydrogen) atoms. The van der Waals surface area contributed by atoms with Crippen molar-refractivity contribution in [2.45, 2.75) is 31.2 Å². The minimum atomic E-state index is -3.41. The van der Waals surface area contributed by atoms with Crippen LogP contribution < -0.4 is 4.72 Å². The molecule has 0 saturated heterocycles. The summed E-state index contributed by atoms with van der Waals surface area (Å²) in [6.07, 6.45) is 0. The van der Waals surface area contributed by atoms with Crippen LogP contribution in [0.4, 0.5) is 0 Å². The van der Waals surface area contributed by atoms with E-state index in [1.165, 1.54) is 0 Å². The van der Waals surface area contributed by atoms with E-state index in [9.17, 15) is 8.42 Å². The van der Waals surface area contributed by atoms with Crippen molar-refractivity contribution in [2.24, 2.45) is 0 Å². The molecule has 0 aromatic heterocycles. The van der Waals surface area contributed by atoms with Gasteiger partial charge in [-0.3, -0.25) is 0 Å². The summed E-state index contributed by atoms with van der Waals surface area (Å²) in [4.78, 5) is 0.278. The average molecular weight is 292 g/mol. The van der Waals surface area contributed by atoms with Crippen molar-refractivity contribution in [1.29, 1.82) is 0 Å². The molecule has 0 aliphatic rings.